The van der Waals surface area contributed by atoms with Crippen molar-refractivity contribution in [1.82, 2.24) is 5.32 Å². The number of hydrogen-bond donors (Lipinski definition) is 2. The van der Waals surface area contributed by atoms with E-state index in [2.05, 4.69) is 5.32 Å². The molecule has 1 atom stereocenters. The lowest BCUT2D eigenvalue weighted by Gasteiger charge is -2.13. The molecule has 90 valence electrons. The Morgan fingerprint density at radius 1 is 1.29 bits per heavy atom. The summed E-state index contributed by atoms with van der Waals surface area (Å²) in [5, 5.41) is 11.5. The normalized spacial score (nSPS) is 16.3. The van der Waals surface area contributed by atoms with E-state index in [0.717, 1.165) is 0 Å². The lowest BCUT2D eigenvalue weighted by Crippen LogP contribution is -2.31. The van der Waals surface area contributed by atoms with Gasteiger partial charge in [0, 0.05) is 6.92 Å². The van der Waals surface area contributed by atoms with Gasteiger partial charge in [-0.15, -0.1) is 0 Å². The quantitative estimate of drug-likeness (QED) is 0.833. The first-order valence-corrected chi connectivity index (χ1v) is 5.67. The standard InChI is InChI=1S/C13H15NO3/c1-8(15)14-12(13(16)17)11-6-4-10(5-7-11)9-2-3-9/h4-7,9,12H,2-3H2,1H3,(H,14,15)(H,16,17). The fraction of sp³-hybridized carbons (Fsp3) is 0.385. The molecule has 0 spiro atoms. The van der Waals surface area contributed by atoms with Crippen LogP contribution in [0.4, 0.5) is 0 Å². The van der Waals surface area contributed by atoms with Gasteiger partial charge in [-0.25, -0.2) is 4.79 Å². The van der Waals surface area contributed by atoms with E-state index >= 15 is 0 Å². The Kier molecular flexibility index (Phi) is 3.13. The van der Waals surface area contributed by atoms with Crippen molar-refractivity contribution in [2.45, 2.75) is 31.7 Å². The molecule has 1 aliphatic rings. The van der Waals surface area contributed by atoms with Gasteiger partial charge in [0.1, 0.15) is 0 Å². The Bertz CT molecular complexity index is 434. The van der Waals surface area contributed by atoms with Crippen LogP contribution < -0.4 is 5.32 Å². The van der Waals surface area contributed by atoms with Crippen molar-refractivity contribution >= 4 is 11.9 Å². The Labute approximate surface area is 99.6 Å². The zero-order valence-electron chi connectivity index (χ0n) is 9.64. The summed E-state index contributed by atoms with van der Waals surface area (Å²) >= 11 is 0. The van der Waals surface area contributed by atoms with E-state index in [-0.39, 0.29) is 5.91 Å². The van der Waals surface area contributed by atoms with Gasteiger partial charge in [-0.05, 0) is 29.9 Å². The molecule has 2 N–H and O–H groups in total. The van der Waals surface area contributed by atoms with Crippen LogP contribution in [0.25, 0.3) is 0 Å². The van der Waals surface area contributed by atoms with Crippen molar-refractivity contribution in [1.29, 1.82) is 0 Å². The molecule has 0 heterocycles. The van der Waals surface area contributed by atoms with Gasteiger partial charge >= 0.3 is 5.97 Å². The number of carboxylic acids is 1. The molecule has 0 saturated heterocycles. The smallest absolute Gasteiger partial charge is 0.330 e. The van der Waals surface area contributed by atoms with E-state index in [0.29, 0.717) is 11.5 Å². The summed E-state index contributed by atoms with van der Waals surface area (Å²) in [4.78, 5) is 22.0. The van der Waals surface area contributed by atoms with Crippen LogP contribution in [0.5, 0.6) is 0 Å². The molecule has 17 heavy (non-hydrogen) atoms. The first-order chi connectivity index (χ1) is 8.08. The summed E-state index contributed by atoms with van der Waals surface area (Å²) in [6.07, 6.45) is 2.43. The molecule has 1 fully saturated rings. The van der Waals surface area contributed by atoms with Gasteiger partial charge in [-0.1, -0.05) is 24.3 Å². The van der Waals surface area contributed by atoms with Crippen LogP contribution in [0.2, 0.25) is 0 Å². The van der Waals surface area contributed by atoms with E-state index in [4.69, 9.17) is 5.11 Å². The molecular formula is C13H15NO3. The Hall–Kier alpha value is -1.84. The second kappa shape index (κ2) is 4.57. The van der Waals surface area contributed by atoms with E-state index in [1.165, 1.54) is 25.3 Å². The maximum Gasteiger partial charge on any atom is 0.330 e. The minimum absolute atomic E-state index is 0.344. The van der Waals surface area contributed by atoms with Crippen molar-refractivity contribution in [2.24, 2.45) is 0 Å². The average molecular weight is 233 g/mol. The van der Waals surface area contributed by atoms with Crippen LogP contribution in [-0.4, -0.2) is 17.0 Å². The third kappa shape index (κ3) is 2.84. The molecule has 1 amide bonds. The van der Waals surface area contributed by atoms with Gasteiger partial charge in [0.2, 0.25) is 5.91 Å². The number of aliphatic carboxylic acids is 1. The molecule has 4 nitrogen and oxygen atoms in total. The minimum atomic E-state index is -1.04. The largest absolute Gasteiger partial charge is 0.479 e. The Balaban J connectivity index is 2.17. The topological polar surface area (TPSA) is 66.4 Å². The van der Waals surface area contributed by atoms with Crippen LogP contribution in [0, 0.1) is 0 Å². The van der Waals surface area contributed by atoms with E-state index < -0.39 is 12.0 Å². The number of carbonyl (C=O) groups is 2. The van der Waals surface area contributed by atoms with Crippen molar-refractivity contribution in [2.75, 3.05) is 0 Å². The third-order valence-electron chi connectivity index (χ3n) is 2.91. The van der Waals surface area contributed by atoms with Crippen LogP contribution in [0.15, 0.2) is 24.3 Å². The Morgan fingerprint density at radius 3 is 2.29 bits per heavy atom. The second-order valence-corrected chi connectivity index (χ2v) is 4.41. The van der Waals surface area contributed by atoms with Gasteiger partial charge in [0.25, 0.3) is 0 Å². The molecule has 2 rings (SSSR count). The number of amides is 1. The summed E-state index contributed by atoms with van der Waals surface area (Å²) in [6.45, 7) is 1.31. The van der Waals surface area contributed by atoms with Crippen molar-refractivity contribution in [3.8, 4) is 0 Å². The maximum atomic E-state index is 11.1. The lowest BCUT2D eigenvalue weighted by atomic mass is 10.0. The number of hydrogen-bond acceptors (Lipinski definition) is 2. The van der Waals surface area contributed by atoms with Crippen LogP contribution in [0.1, 0.15) is 42.9 Å². The summed E-state index contributed by atoms with van der Waals surface area (Å²) < 4.78 is 0. The van der Waals surface area contributed by atoms with Crippen molar-refractivity contribution in [3.05, 3.63) is 35.4 Å². The van der Waals surface area contributed by atoms with Gasteiger partial charge in [-0.3, -0.25) is 4.79 Å². The molecule has 1 aromatic rings. The summed E-state index contributed by atoms with van der Waals surface area (Å²) in [5.74, 6) is -0.740. The van der Waals surface area contributed by atoms with Crippen LogP contribution in [-0.2, 0) is 9.59 Å². The highest BCUT2D eigenvalue weighted by atomic mass is 16.4. The van der Waals surface area contributed by atoms with E-state index in [1.54, 1.807) is 12.1 Å². The highest BCUT2D eigenvalue weighted by Crippen LogP contribution is 2.40. The second-order valence-electron chi connectivity index (χ2n) is 4.41. The number of carboxylic acid groups (broad SMARTS) is 1. The molecule has 0 radical (unpaired) electrons. The summed E-state index contributed by atoms with van der Waals surface area (Å²) in [7, 11) is 0. The molecule has 1 aromatic carbocycles. The molecule has 1 unspecified atom stereocenters. The Morgan fingerprint density at radius 2 is 1.88 bits per heavy atom. The zero-order valence-corrected chi connectivity index (χ0v) is 9.64. The first-order valence-electron chi connectivity index (χ1n) is 5.67. The maximum absolute atomic E-state index is 11.1. The number of benzene rings is 1. The van der Waals surface area contributed by atoms with Crippen molar-refractivity contribution in [3.63, 3.8) is 0 Å². The third-order valence-corrected chi connectivity index (χ3v) is 2.91. The SMILES string of the molecule is CC(=O)NC(C(=O)O)c1ccc(C2CC2)cc1. The number of rotatable bonds is 4. The van der Waals surface area contributed by atoms with Gasteiger partial charge < -0.3 is 10.4 Å². The van der Waals surface area contributed by atoms with Gasteiger partial charge in [-0.2, -0.15) is 0 Å². The monoisotopic (exact) mass is 233 g/mol. The lowest BCUT2D eigenvalue weighted by molar-refractivity contribution is -0.141. The summed E-state index contributed by atoms with van der Waals surface area (Å²) in [5.41, 5.74) is 1.86. The van der Waals surface area contributed by atoms with E-state index in [1.807, 2.05) is 12.1 Å². The van der Waals surface area contributed by atoms with Crippen LogP contribution >= 0.6 is 0 Å². The molecule has 4 heteroatoms. The molecular weight excluding hydrogens is 218 g/mol. The molecule has 0 bridgehead atoms. The molecule has 1 aliphatic carbocycles. The van der Waals surface area contributed by atoms with Gasteiger partial charge in [0.05, 0.1) is 0 Å². The van der Waals surface area contributed by atoms with Gasteiger partial charge in [0.15, 0.2) is 6.04 Å². The number of nitrogens with one attached hydrogen (secondary N) is 1. The predicted molar refractivity (Wildman–Crippen MR) is 62.6 cm³/mol. The first kappa shape index (κ1) is 11.6. The molecule has 1 saturated carbocycles. The average Bonchev–Trinajstić information content (AvgIpc) is 3.09. The summed E-state index contributed by atoms with van der Waals surface area (Å²) in [6, 6.07) is 6.50. The number of carbonyl (C=O) groups excluding carboxylic acids is 1. The van der Waals surface area contributed by atoms with E-state index in [9.17, 15) is 9.59 Å². The van der Waals surface area contributed by atoms with Crippen molar-refractivity contribution < 1.29 is 14.7 Å². The molecule has 0 aromatic heterocycles. The molecule has 0 aliphatic heterocycles. The highest BCUT2D eigenvalue weighted by molar-refractivity contribution is 5.83. The van der Waals surface area contributed by atoms with Crippen LogP contribution in [0.3, 0.4) is 0 Å². The predicted octanol–water partition coefficient (Wildman–Crippen LogP) is 1.83. The fourth-order valence-electron chi connectivity index (χ4n) is 1.87. The zero-order chi connectivity index (χ0) is 12.4. The highest BCUT2D eigenvalue weighted by Gasteiger charge is 2.25. The fourth-order valence-corrected chi connectivity index (χ4v) is 1.87. The minimum Gasteiger partial charge on any atom is -0.479 e.